The lowest BCUT2D eigenvalue weighted by molar-refractivity contribution is 0.355. The van der Waals surface area contributed by atoms with Gasteiger partial charge in [-0.3, -0.25) is 0 Å². The quantitative estimate of drug-likeness (QED) is 0.593. The van der Waals surface area contributed by atoms with Crippen LogP contribution in [0.4, 0.5) is 4.39 Å². The highest BCUT2D eigenvalue weighted by atomic mass is 79.9. The van der Waals surface area contributed by atoms with Gasteiger partial charge in [-0.2, -0.15) is 0 Å². The van der Waals surface area contributed by atoms with Crippen molar-refractivity contribution in [1.82, 2.24) is 5.32 Å². The molecule has 0 aliphatic heterocycles. The second-order valence-corrected chi connectivity index (χ2v) is 6.20. The summed E-state index contributed by atoms with van der Waals surface area (Å²) in [5, 5.41) is 3.51. The van der Waals surface area contributed by atoms with Gasteiger partial charge in [0.05, 0.1) is 4.47 Å². The maximum absolute atomic E-state index is 13.7. The summed E-state index contributed by atoms with van der Waals surface area (Å²) in [4.78, 5) is 0. The normalized spacial score (nSPS) is 14.2. The molecule has 0 spiro atoms. The van der Waals surface area contributed by atoms with Gasteiger partial charge in [-0.25, -0.2) is 4.39 Å². The Balaban J connectivity index is 2.84. The molecule has 0 fully saturated rings. The van der Waals surface area contributed by atoms with Crippen LogP contribution in [-0.4, -0.2) is 6.54 Å². The fourth-order valence-corrected chi connectivity index (χ4v) is 3.21. The van der Waals surface area contributed by atoms with Gasteiger partial charge in [-0.1, -0.05) is 58.6 Å². The molecular weight excluding hydrogens is 317 g/mol. The monoisotopic (exact) mass is 343 g/mol. The van der Waals surface area contributed by atoms with Gasteiger partial charge in [0, 0.05) is 6.04 Å². The number of nitrogens with one attached hydrogen (secondary N) is 1. The van der Waals surface area contributed by atoms with E-state index < -0.39 is 0 Å². The van der Waals surface area contributed by atoms with Crippen LogP contribution in [0, 0.1) is 11.7 Å². The first-order valence-corrected chi connectivity index (χ1v) is 8.60. The summed E-state index contributed by atoms with van der Waals surface area (Å²) in [5.74, 6) is 0.529. The van der Waals surface area contributed by atoms with E-state index in [1.54, 1.807) is 6.07 Å². The van der Waals surface area contributed by atoms with Gasteiger partial charge >= 0.3 is 0 Å². The first kappa shape index (κ1) is 17.6. The van der Waals surface area contributed by atoms with E-state index in [-0.39, 0.29) is 11.9 Å². The second kappa shape index (κ2) is 9.51. The SMILES string of the molecule is CCCCC(CC)CC(NCC)c1cccc(F)c1Br. The van der Waals surface area contributed by atoms with Crippen molar-refractivity contribution >= 4 is 15.9 Å². The molecule has 0 heterocycles. The van der Waals surface area contributed by atoms with Gasteiger partial charge in [-0.05, 0) is 46.4 Å². The maximum atomic E-state index is 13.7. The zero-order valence-electron chi connectivity index (χ0n) is 12.9. The van der Waals surface area contributed by atoms with Crippen molar-refractivity contribution in [3.05, 3.63) is 34.1 Å². The van der Waals surface area contributed by atoms with Gasteiger partial charge in [0.25, 0.3) is 0 Å². The van der Waals surface area contributed by atoms with E-state index in [1.165, 1.54) is 31.7 Å². The van der Waals surface area contributed by atoms with Crippen molar-refractivity contribution < 1.29 is 4.39 Å². The van der Waals surface area contributed by atoms with Crippen molar-refractivity contribution in [3.8, 4) is 0 Å². The van der Waals surface area contributed by atoms with Gasteiger partial charge in [0.2, 0.25) is 0 Å². The summed E-state index contributed by atoms with van der Waals surface area (Å²) in [6, 6.07) is 5.55. The van der Waals surface area contributed by atoms with Crippen molar-refractivity contribution in [2.75, 3.05) is 6.54 Å². The highest BCUT2D eigenvalue weighted by Gasteiger charge is 2.19. The predicted molar refractivity (Wildman–Crippen MR) is 88.4 cm³/mol. The third kappa shape index (κ3) is 5.17. The van der Waals surface area contributed by atoms with E-state index in [1.807, 2.05) is 6.07 Å². The van der Waals surface area contributed by atoms with Crippen LogP contribution in [0.1, 0.15) is 64.5 Å². The van der Waals surface area contributed by atoms with Crippen LogP contribution in [0.3, 0.4) is 0 Å². The van der Waals surface area contributed by atoms with Crippen LogP contribution < -0.4 is 5.32 Å². The molecule has 1 aromatic rings. The number of unbranched alkanes of at least 4 members (excludes halogenated alkanes) is 1. The predicted octanol–water partition coefficient (Wildman–Crippen LogP) is 5.85. The number of halogens is 2. The molecule has 1 aromatic carbocycles. The average Bonchev–Trinajstić information content (AvgIpc) is 2.45. The molecule has 0 aliphatic carbocycles. The summed E-state index contributed by atoms with van der Waals surface area (Å²) in [7, 11) is 0. The zero-order valence-corrected chi connectivity index (χ0v) is 14.5. The molecule has 2 unspecified atom stereocenters. The highest BCUT2D eigenvalue weighted by Crippen LogP contribution is 2.32. The Morgan fingerprint density at radius 1 is 1.25 bits per heavy atom. The molecule has 20 heavy (non-hydrogen) atoms. The fraction of sp³-hybridized carbons (Fsp3) is 0.647. The molecule has 0 aromatic heterocycles. The molecule has 2 atom stereocenters. The molecule has 0 saturated heterocycles. The maximum Gasteiger partial charge on any atom is 0.137 e. The van der Waals surface area contributed by atoms with E-state index in [2.05, 4.69) is 42.0 Å². The minimum Gasteiger partial charge on any atom is -0.310 e. The third-order valence-corrected chi connectivity index (χ3v) is 4.76. The molecule has 1 nitrogen and oxygen atoms in total. The molecule has 0 bridgehead atoms. The minimum absolute atomic E-state index is 0.174. The third-order valence-electron chi connectivity index (χ3n) is 3.92. The van der Waals surface area contributed by atoms with E-state index >= 15 is 0 Å². The Labute approximate surface area is 131 Å². The molecule has 0 radical (unpaired) electrons. The van der Waals surface area contributed by atoms with Crippen molar-refractivity contribution in [1.29, 1.82) is 0 Å². The molecule has 3 heteroatoms. The summed E-state index contributed by atoms with van der Waals surface area (Å²) >= 11 is 3.40. The first-order chi connectivity index (χ1) is 9.63. The molecule has 0 amide bonds. The van der Waals surface area contributed by atoms with E-state index in [9.17, 15) is 4.39 Å². The van der Waals surface area contributed by atoms with Crippen molar-refractivity contribution in [3.63, 3.8) is 0 Å². The van der Waals surface area contributed by atoms with Crippen LogP contribution in [0.5, 0.6) is 0 Å². The van der Waals surface area contributed by atoms with E-state index in [4.69, 9.17) is 0 Å². The van der Waals surface area contributed by atoms with Crippen LogP contribution in [-0.2, 0) is 0 Å². The first-order valence-electron chi connectivity index (χ1n) is 7.81. The highest BCUT2D eigenvalue weighted by molar-refractivity contribution is 9.10. The van der Waals surface area contributed by atoms with Gasteiger partial charge < -0.3 is 5.32 Å². The molecule has 114 valence electrons. The van der Waals surface area contributed by atoms with Gasteiger partial charge in [0.15, 0.2) is 0 Å². The fourth-order valence-electron chi connectivity index (χ4n) is 2.67. The van der Waals surface area contributed by atoms with Gasteiger partial charge in [0.1, 0.15) is 5.82 Å². The van der Waals surface area contributed by atoms with E-state index in [0.717, 1.165) is 18.5 Å². The van der Waals surface area contributed by atoms with Crippen LogP contribution in [0.25, 0.3) is 0 Å². The van der Waals surface area contributed by atoms with Crippen molar-refractivity contribution in [2.24, 2.45) is 5.92 Å². The summed E-state index contributed by atoms with van der Waals surface area (Å²) in [6.45, 7) is 7.49. The van der Waals surface area contributed by atoms with Crippen molar-refractivity contribution in [2.45, 2.75) is 58.9 Å². The lowest BCUT2D eigenvalue weighted by Crippen LogP contribution is -2.24. The van der Waals surface area contributed by atoms with Crippen LogP contribution >= 0.6 is 15.9 Å². The Morgan fingerprint density at radius 3 is 2.60 bits per heavy atom. The van der Waals surface area contributed by atoms with Crippen LogP contribution in [0.2, 0.25) is 0 Å². The smallest absolute Gasteiger partial charge is 0.137 e. The molecular formula is C17H27BrFN. The molecule has 0 saturated carbocycles. The topological polar surface area (TPSA) is 12.0 Å². The lowest BCUT2D eigenvalue weighted by atomic mass is 9.89. The molecule has 0 aliphatic rings. The Bertz CT molecular complexity index is 395. The Hall–Kier alpha value is -0.410. The largest absolute Gasteiger partial charge is 0.310 e. The van der Waals surface area contributed by atoms with Crippen LogP contribution in [0.15, 0.2) is 22.7 Å². The minimum atomic E-state index is -0.174. The standard InChI is InChI=1S/C17H27BrFN/c1-4-7-9-13(5-2)12-16(20-6-3)14-10-8-11-15(19)17(14)18/h8,10-11,13,16,20H,4-7,9,12H2,1-3H3. The average molecular weight is 344 g/mol. The second-order valence-electron chi connectivity index (χ2n) is 5.41. The summed E-state index contributed by atoms with van der Waals surface area (Å²) in [5.41, 5.74) is 1.04. The van der Waals surface area contributed by atoms with Gasteiger partial charge in [-0.15, -0.1) is 0 Å². The number of hydrogen-bond acceptors (Lipinski definition) is 1. The summed E-state index contributed by atoms with van der Waals surface area (Å²) in [6.07, 6.45) is 6.05. The number of hydrogen-bond donors (Lipinski definition) is 1. The Kier molecular flexibility index (Phi) is 8.39. The van der Waals surface area contributed by atoms with E-state index in [0.29, 0.717) is 10.4 Å². The molecule has 1 rings (SSSR count). The molecule has 1 N–H and O–H groups in total. The summed E-state index contributed by atoms with van der Waals surface area (Å²) < 4.78 is 14.3. The lowest BCUT2D eigenvalue weighted by Gasteiger charge is -2.25. The zero-order chi connectivity index (χ0) is 15.0. The number of rotatable bonds is 9. The Morgan fingerprint density at radius 2 is 2.00 bits per heavy atom. The number of benzene rings is 1.